The van der Waals surface area contributed by atoms with E-state index < -0.39 is 0 Å². The van der Waals surface area contributed by atoms with Crippen LogP contribution in [0.15, 0.2) is 29.3 Å². The number of benzene rings is 1. The average Bonchev–Trinajstić information content (AvgIpc) is 2.60. The molecule has 1 aromatic rings. The van der Waals surface area contributed by atoms with Crippen molar-refractivity contribution in [3.05, 3.63) is 29.8 Å². The van der Waals surface area contributed by atoms with E-state index in [1.165, 1.54) is 18.4 Å². The number of nitrogens with one attached hydrogen (secondary N) is 2. The fourth-order valence-corrected chi connectivity index (χ4v) is 3.05. The van der Waals surface area contributed by atoms with E-state index in [1.54, 1.807) is 7.11 Å². The van der Waals surface area contributed by atoms with Crippen LogP contribution in [0.2, 0.25) is 0 Å². The molecule has 0 aromatic heterocycles. The molecule has 0 atom stereocenters. The lowest BCUT2D eigenvalue weighted by Gasteiger charge is -2.32. The lowest BCUT2D eigenvalue weighted by atomic mass is 9.96. The molecule has 0 spiro atoms. The third-order valence-corrected chi connectivity index (χ3v) is 4.48. The van der Waals surface area contributed by atoms with Gasteiger partial charge in [-0.15, -0.1) is 24.0 Å². The summed E-state index contributed by atoms with van der Waals surface area (Å²) in [4.78, 5) is 6.81. The summed E-state index contributed by atoms with van der Waals surface area (Å²) in [6, 6.07) is 8.81. The number of aliphatic imine (C=N–C) groups is 1. The van der Waals surface area contributed by atoms with Crippen LogP contribution in [-0.2, 0) is 6.54 Å². The summed E-state index contributed by atoms with van der Waals surface area (Å²) in [5.74, 6) is 2.56. The number of ether oxygens (including phenoxy) is 1. The minimum Gasteiger partial charge on any atom is -0.497 e. The molecule has 1 heterocycles. The second-order valence-corrected chi connectivity index (χ2v) is 6.82. The fraction of sp³-hybridized carbons (Fsp3) is 0.632. The van der Waals surface area contributed by atoms with Crippen molar-refractivity contribution >= 4 is 29.9 Å². The van der Waals surface area contributed by atoms with Crippen molar-refractivity contribution in [1.29, 1.82) is 0 Å². The molecule has 1 fully saturated rings. The zero-order valence-electron chi connectivity index (χ0n) is 15.9. The number of hydrogen-bond acceptors (Lipinski definition) is 3. The van der Waals surface area contributed by atoms with Gasteiger partial charge in [0.05, 0.1) is 7.11 Å². The summed E-state index contributed by atoms with van der Waals surface area (Å²) in [6.07, 6.45) is 2.48. The molecule has 0 aliphatic carbocycles. The Kier molecular flexibility index (Phi) is 10.2. The summed E-state index contributed by atoms with van der Waals surface area (Å²) in [5, 5.41) is 6.79. The molecule has 2 N–H and O–H groups in total. The number of rotatable bonds is 6. The molecule has 0 amide bonds. The Morgan fingerprint density at radius 2 is 1.88 bits per heavy atom. The molecule has 2 rings (SSSR count). The summed E-state index contributed by atoms with van der Waals surface area (Å²) >= 11 is 0. The van der Waals surface area contributed by atoms with Gasteiger partial charge in [0.15, 0.2) is 5.96 Å². The number of methoxy groups -OCH3 is 1. The smallest absolute Gasteiger partial charge is 0.191 e. The van der Waals surface area contributed by atoms with Gasteiger partial charge in [0.2, 0.25) is 0 Å². The van der Waals surface area contributed by atoms with Crippen molar-refractivity contribution in [3.8, 4) is 5.75 Å². The molecule has 5 nitrogen and oxygen atoms in total. The van der Waals surface area contributed by atoms with Crippen LogP contribution in [-0.4, -0.2) is 50.7 Å². The minimum atomic E-state index is 0. The van der Waals surface area contributed by atoms with Crippen molar-refractivity contribution in [2.45, 2.75) is 39.3 Å². The van der Waals surface area contributed by atoms with E-state index in [1.807, 2.05) is 19.2 Å². The molecule has 0 unspecified atom stereocenters. The van der Waals surface area contributed by atoms with Gasteiger partial charge in [-0.2, -0.15) is 0 Å². The van der Waals surface area contributed by atoms with Crippen LogP contribution in [0.4, 0.5) is 0 Å². The molecular formula is C19H33IN4O. The van der Waals surface area contributed by atoms with Gasteiger partial charge < -0.3 is 15.4 Å². The highest BCUT2D eigenvalue weighted by molar-refractivity contribution is 14.0. The van der Waals surface area contributed by atoms with Crippen LogP contribution in [0.5, 0.6) is 5.75 Å². The van der Waals surface area contributed by atoms with Gasteiger partial charge in [0.25, 0.3) is 0 Å². The van der Waals surface area contributed by atoms with Crippen LogP contribution in [0.1, 0.15) is 32.3 Å². The highest BCUT2D eigenvalue weighted by atomic mass is 127. The third-order valence-electron chi connectivity index (χ3n) is 4.48. The Morgan fingerprint density at radius 3 is 2.40 bits per heavy atom. The molecule has 142 valence electrons. The summed E-state index contributed by atoms with van der Waals surface area (Å²) in [6.45, 7) is 8.61. The van der Waals surface area contributed by atoms with Crippen LogP contribution in [0.3, 0.4) is 0 Å². The molecule has 1 aromatic carbocycles. The second kappa shape index (κ2) is 11.6. The van der Waals surface area contributed by atoms with E-state index in [9.17, 15) is 0 Å². The monoisotopic (exact) mass is 460 g/mol. The first-order chi connectivity index (χ1) is 11.6. The van der Waals surface area contributed by atoms with E-state index in [2.05, 4.69) is 46.5 Å². The van der Waals surface area contributed by atoms with Gasteiger partial charge in [-0.1, -0.05) is 12.1 Å². The normalized spacial score (nSPS) is 16.4. The van der Waals surface area contributed by atoms with Gasteiger partial charge >= 0.3 is 0 Å². The third kappa shape index (κ3) is 7.81. The summed E-state index contributed by atoms with van der Waals surface area (Å²) in [5.41, 5.74) is 1.36. The Bertz CT molecular complexity index is 511. The topological polar surface area (TPSA) is 48.9 Å². The molecule has 1 aliphatic heterocycles. The van der Waals surface area contributed by atoms with E-state index in [0.717, 1.165) is 43.8 Å². The minimum absolute atomic E-state index is 0. The van der Waals surface area contributed by atoms with Crippen molar-refractivity contribution in [3.63, 3.8) is 0 Å². The molecule has 6 heteroatoms. The van der Waals surface area contributed by atoms with Crippen LogP contribution in [0, 0.1) is 5.92 Å². The number of hydrogen-bond donors (Lipinski definition) is 2. The van der Waals surface area contributed by atoms with Gasteiger partial charge in [-0.25, -0.2) is 0 Å². The van der Waals surface area contributed by atoms with Crippen LogP contribution >= 0.6 is 24.0 Å². The molecule has 1 aliphatic rings. The summed E-state index contributed by atoms with van der Waals surface area (Å²) < 4.78 is 5.22. The van der Waals surface area contributed by atoms with E-state index in [-0.39, 0.29) is 24.0 Å². The SMILES string of the molecule is CN=C(NCC1CCN(Cc2ccc(OC)cc2)CC1)NC(C)C.I. The van der Waals surface area contributed by atoms with Crippen molar-refractivity contribution in [2.75, 3.05) is 33.8 Å². The zero-order valence-corrected chi connectivity index (χ0v) is 18.2. The molecular weight excluding hydrogens is 427 g/mol. The Hall–Kier alpha value is -1.02. The number of piperidine rings is 1. The van der Waals surface area contributed by atoms with E-state index in [0.29, 0.717) is 6.04 Å². The number of guanidine groups is 1. The maximum atomic E-state index is 5.22. The molecule has 25 heavy (non-hydrogen) atoms. The highest BCUT2D eigenvalue weighted by Gasteiger charge is 2.19. The first-order valence-corrected chi connectivity index (χ1v) is 8.93. The Labute approximate surface area is 169 Å². The molecule has 0 radical (unpaired) electrons. The van der Waals surface area contributed by atoms with Crippen molar-refractivity contribution < 1.29 is 4.74 Å². The second-order valence-electron chi connectivity index (χ2n) is 6.82. The Balaban J connectivity index is 0.00000312. The zero-order chi connectivity index (χ0) is 17.4. The quantitative estimate of drug-likeness (QED) is 0.389. The number of halogens is 1. The molecule has 1 saturated heterocycles. The predicted molar refractivity (Wildman–Crippen MR) is 116 cm³/mol. The van der Waals surface area contributed by atoms with Crippen molar-refractivity contribution in [1.82, 2.24) is 15.5 Å². The standard InChI is InChI=1S/C19H32N4O.HI/c1-15(2)22-19(20-3)21-13-16-9-11-23(12-10-16)14-17-5-7-18(24-4)8-6-17;/h5-8,15-16H,9-14H2,1-4H3,(H2,20,21,22);1H. The first-order valence-electron chi connectivity index (χ1n) is 8.93. The van der Waals surface area contributed by atoms with Gasteiger partial charge in [0, 0.05) is 26.2 Å². The van der Waals surface area contributed by atoms with E-state index in [4.69, 9.17) is 4.74 Å². The van der Waals surface area contributed by atoms with Crippen LogP contribution in [0.25, 0.3) is 0 Å². The predicted octanol–water partition coefficient (Wildman–Crippen LogP) is 3.10. The van der Waals surface area contributed by atoms with Gasteiger partial charge in [0.1, 0.15) is 5.75 Å². The largest absolute Gasteiger partial charge is 0.497 e. The lowest BCUT2D eigenvalue weighted by Crippen LogP contribution is -2.44. The van der Waals surface area contributed by atoms with Crippen molar-refractivity contribution in [2.24, 2.45) is 10.9 Å². The average molecular weight is 460 g/mol. The molecule has 0 bridgehead atoms. The van der Waals surface area contributed by atoms with E-state index >= 15 is 0 Å². The Morgan fingerprint density at radius 1 is 1.24 bits per heavy atom. The lowest BCUT2D eigenvalue weighted by molar-refractivity contribution is 0.178. The van der Waals surface area contributed by atoms with Crippen LogP contribution < -0.4 is 15.4 Å². The highest BCUT2D eigenvalue weighted by Crippen LogP contribution is 2.19. The van der Waals surface area contributed by atoms with Gasteiger partial charge in [-0.05, 0) is 63.4 Å². The first kappa shape index (κ1) is 22.0. The number of nitrogens with zero attached hydrogens (tertiary/aromatic N) is 2. The van der Waals surface area contributed by atoms with Gasteiger partial charge in [-0.3, -0.25) is 9.89 Å². The maximum Gasteiger partial charge on any atom is 0.191 e. The molecule has 0 saturated carbocycles. The maximum absolute atomic E-state index is 5.22. The number of likely N-dealkylation sites (tertiary alicyclic amines) is 1. The fourth-order valence-electron chi connectivity index (χ4n) is 3.05. The summed E-state index contributed by atoms with van der Waals surface area (Å²) in [7, 11) is 3.54.